The lowest BCUT2D eigenvalue weighted by molar-refractivity contribution is 0.281. The summed E-state index contributed by atoms with van der Waals surface area (Å²) in [7, 11) is 0. The third kappa shape index (κ3) is 2.14. The predicted molar refractivity (Wildman–Crippen MR) is 71.3 cm³/mol. The van der Waals surface area contributed by atoms with E-state index >= 15 is 0 Å². The van der Waals surface area contributed by atoms with Crippen LogP contribution in [-0.4, -0.2) is 36.0 Å². The number of rotatable bonds is 2. The number of fused-ring (bicyclic) bond motifs is 1. The van der Waals surface area contributed by atoms with Crippen LogP contribution in [0.1, 0.15) is 23.5 Å². The van der Waals surface area contributed by atoms with E-state index in [1.165, 1.54) is 44.0 Å². The highest BCUT2D eigenvalue weighted by Crippen LogP contribution is 2.33. The largest absolute Gasteiger partial charge is 0.301 e. The minimum absolute atomic E-state index is 0.805. The molecule has 2 aliphatic rings. The van der Waals surface area contributed by atoms with Gasteiger partial charge in [0.25, 0.3) is 0 Å². The Morgan fingerprint density at radius 3 is 2.88 bits per heavy atom. The van der Waals surface area contributed by atoms with Crippen molar-refractivity contribution >= 4 is 11.8 Å². The maximum atomic E-state index is 2.66. The fraction of sp³-hybridized carbons (Fsp3) is 0.571. The van der Waals surface area contributed by atoms with Crippen LogP contribution in [0.15, 0.2) is 24.3 Å². The van der Waals surface area contributed by atoms with Crippen molar-refractivity contribution in [2.75, 3.05) is 31.1 Å². The van der Waals surface area contributed by atoms with Crippen molar-refractivity contribution in [3.8, 4) is 0 Å². The van der Waals surface area contributed by atoms with Gasteiger partial charge in [-0.1, -0.05) is 24.3 Å². The van der Waals surface area contributed by atoms with E-state index in [9.17, 15) is 0 Å². The molecule has 0 saturated carbocycles. The van der Waals surface area contributed by atoms with Crippen molar-refractivity contribution in [2.24, 2.45) is 0 Å². The maximum Gasteiger partial charge on any atom is 0.00729 e. The molecule has 1 aromatic carbocycles. The van der Waals surface area contributed by atoms with Gasteiger partial charge in [-0.3, -0.25) is 0 Å². The highest BCUT2D eigenvalue weighted by Gasteiger charge is 2.24. The summed E-state index contributed by atoms with van der Waals surface area (Å²) in [5.74, 6) is 3.46. The molecule has 0 amide bonds. The first-order valence-corrected chi connectivity index (χ1v) is 7.47. The molecule has 3 rings (SSSR count). The third-order valence-electron chi connectivity index (χ3n) is 3.84. The van der Waals surface area contributed by atoms with Crippen molar-refractivity contribution in [1.82, 2.24) is 4.90 Å². The van der Waals surface area contributed by atoms with Crippen LogP contribution in [0.4, 0.5) is 0 Å². The summed E-state index contributed by atoms with van der Waals surface area (Å²) in [5, 5.41) is 0. The molecule has 0 aromatic heterocycles. The van der Waals surface area contributed by atoms with Crippen LogP contribution in [-0.2, 0) is 6.42 Å². The van der Waals surface area contributed by atoms with Crippen molar-refractivity contribution in [1.29, 1.82) is 0 Å². The molecule has 1 fully saturated rings. The van der Waals surface area contributed by atoms with Gasteiger partial charge in [0.1, 0.15) is 0 Å². The minimum Gasteiger partial charge on any atom is -0.301 e. The molecule has 2 heteroatoms. The SMILES string of the molecule is c1ccc2c(c1)CC[C@@H]2CN1CCSCC1. The lowest BCUT2D eigenvalue weighted by Gasteiger charge is -2.29. The Hall–Kier alpha value is -0.470. The van der Waals surface area contributed by atoms with E-state index in [1.807, 2.05) is 0 Å². The molecule has 0 bridgehead atoms. The summed E-state index contributed by atoms with van der Waals surface area (Å²) < 4.78 is 0. The summed E-state index contributed by atoms with van der Waals surface area (Å²) in [6.07, 6.45) is 2.66. The molecule has 1 aliphatic carbocycles. The van der Waals surface area contributed by atoms with Crippen molar-refractivity contribution in [3.05, 3.63) is 35.4 Å². The lowest BCUT2D eigenvalue weighted by Crippen LogP contribution is -2.35. The Labute approximate surface area is 102 Å². The zero-order valence-corrected chi connectivity index (χ0v) is 10.5. The summed E-state index contributed by atoms with van der Waals surface area (Å²) in [4.78, 5) is 2.66. The molecule has 1 heterocycles. The molecule has 0 N–H and O–H groups in total. The summed E-state index contributed by atoms with van der Waals surface area (Å²) >= 11 is 2.10. The zero-order valence-electron chi connectivity index (χ0n) is 9.69. The first-order chi connectivity index (χ1) is 7.93. The van der Waals surface area contributed by atoms with E-state index in [2.05, 4.69) is 40.9 Å². The third-order valence-corrected chi connectivity index (χ3v) is 4.78. The Balaban J connectivity index is 1.68. The van der Waals surface area contributed by atoms with E-state index in [0.717, 1.165) is 5.92 Å². The van der Waals surface area contributed by atoms with E-state index in [4.69, 9.17) is 0 Å². The molecule has 1 saturated heterocycles. The Morgan fingerprint density at radius 1 is 1.19 bits per heavy atom. The molecule has 0 radical (unpaired) electrons. The molecule has 1 nitrogen and oxygen atoms in total. The molecular weight excluding hydrogens is 214 g/mol. The zero-order chi connectivity index (χ0) is 10.8. The van der Waals surface area contributed by atoms with E-state index in [-0.39, 0.29) is 0 Å². The van der Waals surface area contributed by atoms with Gasteiger partial charge in [-0.25, -0.2) is 0 Å². The van der Waals surface area contributed by atoms with Crippen LogP contribution in [0.2, 0.25) is 0 Å². The van der Waals surface area contributed by atoms with Gasteiger partial charge in [-0.2, -0.15) is 11.8 Å². The van der Waals surface area contributed by atoms with Gasteiger partial charge >= 0.3 is 0 Å². The summed E-state index contributed by atoms with van der Waals surface area (Å²) in [6.45, 7) is 3.88. The van der Waals surface area contributed by atoms with Gasteiger partial charge in [0.15, 0.2) is 0 Å². The average Bonchev–Trinajstić information content (AvgIpc) is 2.74. The van der Waals surface area contributed by atoms with E-state index in [1.54, 1.807) is 11.1 Å². The summed E-state index contributed by atoms with van der Waals surface area (Å²) in [5.41, 5.74) is 3.22. The molecule has 0 spiro atoms. The van der Waals surface area contributed by atoms with Crippen molar-refractivity contribution < 1.29 is 0 Å². The van der Waals surface area contributed by atoms with Crippen LogP contribution < -0.4 is 0 Å². The van der Waals surface area contributed by atoms with Crippen LogP contribution in [0.5, 0.6) is 0 Å². The van der Waals surface area contributed by atoms with Crippen molar-refractivity contribution in [2.45, 2.75) is 18.8 Å². The van der Waals surface area contributed by atoms with E-state index in [0.29, 0.717) is 0 Å². The molecular formula is C14H19NS. The van der Waals surface area contributed by atoms with Crippen LogP contribution >= 0.6 is 11.8 Å². The molecule has 0 unspecified atom stereocenters. The fourth-order valence-corrected chi connectivity index (χ4v) is 3.91. The van der Waals surface area contributed by atoms with Gasteiger partial charge in [-0.15, -0.1) is 0 Å². The Morgan fingerprint density at radius 2 is 2.00 bits per heavy atom. The number of aryl methyl sites for hydroxylation is 1. The highest BCUT2D eigenvalue weighted by molar-refractivity contribution is 7.99. The number of thioether (sulfide) groups is 1. The van der Waals surface area contributed by atoms with Gasteiger partial charge in [-0.05, 0) is 29.9 Å². The second kappa shape index (κ2) is 4.80. The molecule has 1 atom stereocenters. The van der Waals surface area contributed by atoms with Crippen molar-refractivity contribution in [3.63, 3.8) is 0 Å². The predicted octanol–water partition coefficient (Wildman–Crippen LogP) is 2.77. The number of benzene rings is 1. The normalized spacial score (nSPS) is 25.6. The van der Waals surface area contributed by atoms with Crippen LogP contribution in [0, 0.1) is 0 Å². The van der Waals surface area contributed by atoms with Crippen LogP contribution in [0.3, 0.4) is 0 Å². The highest BCUT2D eigenvalue weighted by atomic mass is 32.2. The fourth-order valence-electron chi connectivity index (χ4n) is 2.93. The Kier molecular flexibility index (Phi) is 3.20. The van der Waals surface area contributed by atoms with Gasteiger partial charge in [0.05, 0.1) is 0 Å². The van der Waals surface area contributed by atoms with Gasteiger partial charge < -0.3 is 4.90 Å². The molecule has 86 valence electrons. The average molecular weight is 233 g/mol. The molecule has 16 heavy (non-hydrogen) atoms. The maximum absolute atomic E-state index is 2.66. The number of hydrogen-bond donors (Lipinski definition) is 0. The molecule has 1 aliphatic heterocycles. The minimum atomic E-state index is 0.805. The topological polar surface area (TPSA) is 3.24 Å². The lowest BCUT2D eigenvalue weighted by atomic mass is 10.0. The number of nitrogens with zero attached hydrogens (tertiary/aromatic N) is 1. The summed E-state index contributed by atoms with van der Waals surface area (Å²) in [6, 6.07) is 9.02. The smallest absolute Gasteiger partial charge is 0.00729 e. The van der Waals surface area contributed by atoms with E-state index < -0.39 is 0 Å². The van der Waals surface area contributed by atoms with Crippen LogP contribution in [0.25, 0.3) is 0 Å². The molecule has 1 aromatic rings. The van der Waals surface area contributed by atoms with Gasteiger partial charge in [0, 0.05) is 31.1 Å². The number of hydrogen-bond acceptors (Lipinski definition) is 2. The van der Waals surface area contributed by atoms with Gasteiger partial charge in [0.2, 0.25) is 0 Å². The monoisotopic (exact) mass is 233 g/mol. The Bertz CT molecular complexity index is 358. The second-order valence-electron chi connectivity index (χ2n) is 4.85. The quantitative estimate of drug-likeness (QED) is 0.773. The second-order valence-corrected chi connectivity index (χ2v) is 6.07. The standard InChI is InChI=1S/C14H19NS/c1-2-4-14-12(3-1)5-6-13(14)11-15-7-9-16-10-8-15/h1-4,13H,5-11H2/t13-/m1/s1. The first kappa shape index (κ1) is 10.7. The first-order valence-electron chi connectivity index (χ1n) is 6.31.